The quantitative estimate of drug-likeness (QED) is 0.559. The number of hydrogen-bond donors (Lipinski definition) is 1. The van der Waals surface area contributed by atoms with Crippen molar-refractivity contribution in [1.82, 2.24) is 15.5 Å². The fourth-order valence-electron chi connectivity index (χ4n) is 2.79. The van der Waals surface area contributed by atoms with Gasteiger partial charge in [-0.3, -0.25) is 4.79 Å². The summed E-state index contributed by atoms with van der Waals surface area (Å²) >= 11 is 1.25. The molecule has 3 rings (SSSR count). The minimum atomic E-state index is -0.0180. The second kappa shape index (κ2) is 9.43. The van der Waals surface area contributed by atoms with E-state index in [9.17, 15) is 4.79 Å². The van der Waals surface area contributed by atoms with Crippen LogP contribution in [0.4, 0.5) is 0 Å². The van der Waals surface area contributed by atoms with Gasteiger partial charge in [-0.1, -0.05) is 23.4 Å². The third kappa shape index (κ3) is 5.36. The van der Waals surface area contributed by atoms with E-state index >= 15 is 0 Å². The Labute approximate surface area is 157 Å². The molecular formula is C19H23N3O3S. The highest BCUT2D eigenvalue weighted by molar-refractivity contribution is 7.99. The maximum Gasteiger partial charge on any atom is 0.277 e. The number of thioether (sulfide) groups is 1. The van der Waals surface area contributed by atoms with Crippen LogP contribution in [0.3, 0.4) is 0 Å². The van der Waals surface area contributed by atoms with E-state index < -0.39 is 0 Å². The Morgan fingerprint density at radius 3 is 2.85 bits per heavy atom. The zero-order valence-electron chi connectivity index (χ0n) is 14.9. The van der Waals surface area contributed by atoms with Crippen molar-refractivity contribution in [2.75, 3.05) is 19.4 Å². The first-order chi connectivity index (χ1) is 12.7. The Morgan fingerprint density at radius 2 is 2.12 bits per heavy atom. The van der Waals surface area contributed by atoms with Crippen molar-refractivity contribution in [2.45, 2.75) is 37.3 Å². The molecule has 2 aromatic rings. The number of nitrogens with one attached hydrogen (secondary N) is 1. The highest BCUT2D eigenvalue weighted by Crippen LogP contribution is 2.24. The number of carbonyl (C=O) groups excluding carboxylic acids is 1. The summed E-state index contributed by atoms with van der Waals surface area (Å²) in [5.74, 6) is 1.45. The van der Waals surface area contributed by atoms with Gasteiger partial charge in [-0.25, -0.2) is 0 Å². The van der Waals surface area contributed by atoms with Gasteiger partial charge in [0.05, 0.1) is 12.9 Å². The highest BCUT2D eigenvalue weighted by Gasteiger charge is 2.11. The van der Waals surface area contributed by atoms with Gasteiger partial charge in [-0.15, -0.1) is 10.2 Å². The van der Waals surface area contributed by atoms with Crippen LogP contribution in [0.2, 0.25) is 0 Å². The molecule has 138 valence electrons. The van der Waals surface area contributed by atoms with Gasteiger partial charge >= 0.3 is 0 Å². The van der Waals surface area contributed by atoms with Gasteiger partial charge in [-0.2, -0.15) is 0 Å². The smallest absolute Gasteiger partial charge is 0.277 e. The number of benzene rings is 1. The van der Waals surface area contributed by atoms with Crippen LogP contribution in [0.25, 0.3) is 11.5 Å². The van der Waals surface area contributed by atoms with E-state index in [1.165, 1.54) is 43.0 Å². The number of rotatable bonds is 8. The number of nitrogens with zero attached hydrogens (tertiary/aromatic N) is 2. The summed E-state index contributed by atoms with van der Waals surface area (Å²) in [4.78, 5) is 12.0. The second-order valence-corrected chi connectivity index (χ2v) is 7.02. The Bertz CT molecular complexity index is 756. The number of amides is 1. The molecule has 1 N–H and O–H groups in total. The Balaban J connectivity index is 1.42. The number of hydrogen-bond acceptors (Lipinski definition) is 6. The molecular weight excluding hydrogens is 350 g/mol. The zero-order valence-corrected chi connectivity index (χ0v) is 15.7. The SMILES string of the molecule is COc1ccc(-c2nnc(SCC(=O)NCCC3=CCCCC3)o2)cc1. The molecule has 0 radical (unpaired) electrons. The predicted molar refractivity (Wildman–Crippen MR) is 101 cm³/mol. The Hall–Kier alpha value is -2.28. The van der Waals surface area contributed by atoms with Crippen LogP contribution < -0.4 is 10.1 Å². The summed E-state index contributed by atoms with van der Waals surface area (Å²) in [6, 6.07) is 7.38. The number of allylic oxidation sites excluding steroid dienone is 1. The average molecular weight is 373 g/mol. The standard InChI is InChI=1S/C19H23N3O3S/c1-24-16-9-7-15(8-10-16)18-21-22-19(25-18)26-13-17(23)20-12-11-14-5-3-2-4-6-14/h5,7-10H,2-4,6,11-13H2,1H3,(H,20,23). The lowest BCUT2D eigenvalue weighted by Crippen LogP contribution is -2.26. The van der Waals surface area contributed by atoms with Crippen molar-refractivity contribution in [3.63, 3.8) is 0 Å². The van der Waals surface area contributed by atoms with E-state index in [1.807, 2.05) is 24.3 Å². The summed E-state index contributed by atoms with van der Waals surface area (Å²) in [5, 5.41) is 11.3. The van der Waals surface area contributed by atoms with Crippen LogP contribution in [-0.4, -0.2) is 35.5 Å². The first kappa shape index (κ1) is 18.5. The van der Waals surface area contributed by atoms with E-state index in [1.54, 1.807) is 7.11 Å². The van der Waals surface area contributed by atoms with E-state index in [-0.39, 0.29) is 11.7 Å². The first-order valence-electron chi connectivity index (χ1n) is 8.80. The van der Waals surface area contributed by atoms with Crippen molar-refractivity contribution in [3.8, 4) is 17.2 Å². The highest BCUT2D eigenvalue weighted by atomic mass is 32.2. The van der Waals surface area contributed by atoms with Crippen molar-refractivity contribution < 1.29 is 13.9 Å². The van der Waals surface area contributed by atoms with Crippen molar-refractivity contribution >= 4 is 17.7 Å². The lowest BCUT2D eigenvalue weighted by atomic mass is 9.97. The summed E-state index contributed by atoms with van der Waals surface area (Å²) in [6.45, 7) is 0.687. The van der Waals surface area contributed by atoms with Gasteiger partial charge in [0.15, 0.2) is 0 Å². The third-order valence-corrected chi connectivity index (χ3v) is 5.04. The molecule has 1 aliphatic carbocycles. The maximum atomic E-state index is 12.0. The molecule has 1 aromatic carbocycles. The normalized spacial score (nSPS) is 14.0. The third-order valence-electron chi connectivity index (χ3n) is 4.22. The first-order valence-corrected chi connectivity index (χ1v) is 9.78. The van der Waals surface area contributed by atoms with E-state index in [4.69, 9.17) is 9.15 Å². The fraction of sp³-hybridized carbons (Fsp3) is 0.421. The number of aromatic nitrogens is 2. The number of ether oxygens (including phenoxy) is 1. The average Bonchev–Trinajstić information content (AvgIpc) is 3.16. The molecule has 1 heterocycles. The van der Waals surface area contributed by atoms with E-state index in [0.29, 0.717) is 17.7 Å². The molecule has 0 aliphatic heterocycles. The lowest BCUT2D eigenvalue weighted by Gasteiger charge is -2.12. The second-order valence-electron chi connectivity index (χ2n) is 6.10. The molecule has 6 nitrogen and oxygen atoms in total. The van der Waals surface area contributed by atoms with Gasteiger partial charge in [0.2, 0.25) is 11.8 Å². The van der Waals surface area contributed by atoms with Crippen LogP contribution >= 0.6 is 11.8 Å². The van der Waals surface area contributed by atoms with Crippen molar-refractivity contribution in [1.29, 1.82) is 0 Å². The largest absolute Gasteiger partial charge is 0.497 e. The molecule has 0 spiro atoms. The number of carbonyl (C=O) groups is 1. The van der Waals surface area contributed by atoms with Gasteiger partial charge in [-0.05, 0) is 56.4 Å². The van der Waals surface area contributed by atoms with Crippen LogP contribution in [-0.2, 0) is 4.79 Å². The summed E-state index contributed by atoms with van der Waals surface area (Å²) in [6.07, 6.45) is 8.15. The molecule has 0 atom stereocenters. The minimum absolute atomic E-state index is 0.0180. The number of methoxy groups -OCH3 is 1. The molecule has 0 bridgehead atoms. The Kier molecular flexibility index (Phi) is 6.71. The summed E-state index contributed by atoms with van der Waals surface area (Å²) < 4.78 is 10.7. The molecule has 0 unspecified atom stereocenters. The molecule has 0 fully saturated rings. The topological polar surface area (TPSA) is 77.2 Å². The van der Waals surface area contributed by atoms with Crippen LogP contribution in [0.1, 0.15) is 32.1 Å². The van der Waals surface area contributed by atoms with Crippen LogP contribution in [0.15, 0.2) is 45.6 Å². The van der Waals surface area contributed by atoms with Crippen molar-refractivity contribution in [2.24, 2.45) is 0 Å². The molecule has 0 saturated carbocycles. The fourth-order valence-corrected chi connectivity index (χ4v) is 3.38. The lowest BCUT2D eigenvalue weighted by molar-refractivity contribution is -0.118. The maximum absolute atomic E-state index is 12.0. The Morgan fingerprint density at radius 1 is 1.27 bits per heavy atom. The summed E-state index contributed by atoms with van der Waals surface area (Å²) in [7, 11) is 1.62. The minimum Gasteiger partial charge on any atom is -0.497 e. The van der Waals surface area contributed by atoms with Gasteiger partial charge in [0.1, 0.15) is 5.75 Å². The predicted octanol–water partition coefficient (Wildman–Crippen LogP) is 3.84. The van der Waals surface area contributed by atoms with Crippen LogP contribution in [0.5, 0.6) is 5.75 Å². The molecule has 7 heteroatoms. The molecule has 1 amide bonds. The van der Waals surface area contributed by atoms with Gasteiger partial charge in [0.25, 0.3) is 5.22 Å². The molecule has 26 heavy (non-hydrogen) atoms. The summed E-state index contributed by atoms with van der Waals surface area (Å²) in [5.41, 5.74) is 2.28. The van der Waals surface area contributed by atoms with Crippen LogP contribution in [0, 0.1) is 0 Å². The zero-order chi connectivity index (χ0) is 18.2. The van der Waals surface area contributed by atoms with E-state index in [2.05, 4.69) is 21.6 Å². The molecule has 0 saturated heterocycles. The van der Waals surface area contributed by atoms with Gasteiger partial charge < -0.3 is 14.5 Å². The van der Waals surface area contributed by atoms with Crippen molar-refractivity contribution in [3.05, 3.63) is 35.9 Å². The molecule has 1 aliphatic rings. The van der Waals surface area contributed by atoms with E-state index in [0.717, 1.165) is 17.7 Å². The van der Waals surface area contributed by atoms with Gasteiger partial charge in [0, 0.05) is 12.1 Å². The molecule has 1 aromatic heterocycles. The monoisotopic (exact) mass is 373 g/mol.